The van der Waals surface area contributed by atoms with Crippen LogP contribution in [0.3, 0.4) is 0 Å². The van der Waals surface area contributed by atoms with Crippen LogP contribution in [0.15, 0.2) is 36.4 Å². The Morgan fingerprint density at radius 3 is 1.90 bits per heavy atom. The lowest BCUT2D eigenvalue weighted by atomic mass is 10.1. The summed E-state index contributed by atoms with van der Waals surface area (Å²) in [7, 11) is 6.14. The smallest absolute Gasteiger partial charge is 0.251 e. The Hall–Kier alpha value is -3.42. The van der Waals surface area contributed by atoms with Gasteiger partial charge in [0.1, 0.15) is 0 Å². The number of amides is 2. The highest BCUT2D eigenvalue weighted by molar-refractivity contribution is 5.94. The van der Waals surface area contributed by atoms with Gasteiger partial charge in [-0.3, -0.25) is 9.59 Å². The largest absolute Gasteiger partial charge is 0.493 e. The second kappa shape index (κ2) is 10.8. The topological polar surface area (TPSA) is 95.1 Å². The summed E-state index contributed by atoms with van der Waals surface area (Å²) < 4.78 is 20.8. The SMILES string of the molecule is COc1ccc(CC(=O)NCCNC(=O)c2ccc(OC)c(OC)c2)cc1OC. The Morgan fingerprint density at radius 2 is 1.28 bits per heavy atom. The van der Waals surface area contributed by atoms with Crippen molar-refractivity contribution in [3.63, 3.8) is 0 Å². The maximum absolute atomic E-state index is 12.2. The number of carbonyl (C=O) groups excluding carboxylic acids is 2. The van der Waals surface area contributed by atoms with E-state index in [0.717, 1.165) is 5.56 Å². The van der Waals surface area contributed by atoms with E-state index in [-0.39, 0.29) is 18.2 Å². The maximum Gasteiger partial charge on any atom is 0.251 e. The Labute approximate surface area is 170 Å². The van der Waals surface area contributed by atoms with E-state index in [4.69, 9.17) is 18.9 Å². The van der Waals surface area contributed by atoms with Gasteiger partial charge in [0, 0.05) is 18.7 Å². The predicted octanol–water partition coefficient (Wildman–Crippen LogP) is 1.81. The number of methoxy groups -OCH3 is 4. The van der Waals surface area contributed by atoms with Gasteiger partial charge in [-0.25, -0.2) is 0 Å². The quantitative estimate of drug-likeness (QED) is 0.589. The molecule has 2 amide bonds. The van der Waals surface area contributed by atoms with E-state index in [1.807, 2.05) is 0 Å². The summed E-state index contributed by atoms with van der Waals surface area (Å²) in [5.74, 6) is 1.78. The molecule has 0 unspecified atom stereocenters. The molecule has 0 saturated heterocycles. The van der Waals surface area contributed by atoms with E-state index >= 15 is 0 Å². The number of carbonyl (C=O) groups is 2. The van der Waals surface area contributed by atoms with E-state index < -0.39 is 0 Å². The lowest BCUT2D eigenvalue weighted by molar-refractivity contribution is -0.120. The van der Waals surface area contributed by atoms with Gasteiger partial charge in [-0.05, 0) is 35.9 Å². The molecule has 2 N–H and O–H groups in total. The minimum Gasteiger partial charge on any atom is -0.493 e. The molecule has 2 aromatic carbocycles. The Kier molecular flexibility index (Phi) is 8.14. The molecule has 0 radical (unpaired) electrons. The number of hydrogen-bond donors (Lipinski definition) is 2. The standard InChI is InChI=1S/C21H26N2O6/c1-26-16-7-5-14(11-18(16)28-3)12-20(24)22-9-10-23-21(25)15-6-8-17(27-2)19(13-15)29-4/h5-8,11,13H,9-10,12H2,1-4H3,(H,22,24)(H,23,25). The molecule has 0 saturated carbocycles. The van der Waals surface area contributed by atoms with Gasteiger partial charge in [-0.2, -0.15) is 0 Å². The molecule has 0 aliphatic carbocycles. The van der Waals surface area contributed by atoms with Crippen molar-refractivity contribution < 1.29 is 28.5 Å². The third-order valence-electron chi connectivity index (χ3n) is 4.19. The molecular weight excluding hydrogens is 376 g/mol. The fourth-order valence-electron chi connectivity index (χ4n) is 2.70. The van der Waals surface area contributed by atoms with Crippen molar-refractivity contribution in [3.8, 4) is 23.0 Å². The van der Waals surface area contributed by atoms with E-state index in [1.54, 1.807) is 50.6 Å². The van der Waals surface area contributed by atoms with Crippen LogP contribution < -0.4 is 29.6 Å². The molecule has 2 rings (SSSR count). The van der Waals surface area contributed by atoms with Gasteiger partial charge in [0.2, 0.25) is 5.91 Å². The van der Waals surface area contributed by atoms with E-state index in [9.17, 15) is 9.59 Å². The van der Waals surface area contributed by atoms with Crippen LogP contribution in [0.1, 0.15) is 15.9 Å². The van der Waals surface area contributed by atoms with Gasteiger partial charge in [0.05, 0.1) is 34.9 Å². The van der Waals surface area contributed by atoms with Crippen LogP contribution >= 0.6 is 0 Å². The summed E-state index contributed by atoms with van der Waals surface area (Å²) in [6, 6.07) is 10.2. The summed E-state index contributed by atoms with van der Waals surface area (Å²) in [6.45, 7) is 0.607. The molecule has 8 nitrogen and oxygen atoms in total. The van der Waals surface area contributed by atoms with Crippen molar-refractivity contribution in [2.24, 2.45) is 0 Å². The molecule has 0 atom stereocenters. The van der Waals surface area contributed by atoms with Gasteiger partial charge in [-0.1, -0.05) is 6.07 Å². The number of hydrogen-bond acceptors (Lipinski definition) is 6. The summed E-state index contributed by atoms with van der Waals surface area (Å²) in [6.07, 6.45) is 0.198. The minimum absolute atomic E-state index is 0.155. The third-order valence-corrected chi connectivity index (χ3v) is 4.19. The van der Waals surface area contributed by atoms with Crippen LogP contribution in [0.2, 0.25) is 0 Å². The maximum atomic E-state index is 12.2. The summed E-state index contributed by atoms with van der Waals surface area (Å²) >= 11 is 0. The highest BCUT2D eigenvalue weighted by Gasteiger charge is 2.11. The first-order valence-electron chi connectivity index (χ1n) is 9.00. The molecule has 0 aromatic heterocycles. The van der Waals surface area contributed by atoms with Crippen molar-refractivity contribution in [2.45, 2.75) is 6.42 Å². The van der Waals surface area contributed by atoms with Crippen molar-refractivity contribution in [1.82, 2.24) is 10.6 Å². The van der Waals surface area contributed by atoms with Crippen molar-refractivity contribution in [1.29, 1.82) is 0 Å². The molecule has 0 aliphatic heterocycles. The van der Waals surface area contributed by atoms with Crippen molar-refractivity contribution in [3.05, 3.63) is 47.5 Å². The molecular formula is C21H26N2O6. The normalized spacial score (nSPS) is 10.1. The summed E-state index contributed by atoms with van der Waals surface area (Å²) in [5.41, 5.74) is 1.24. The lowest BCUT2D eigenvalue weighted by Gasteiger charge is -2.11. The number of nitrogens with one attached hydrogen (secondary N) is 2. The zero-order valence-electron chi connectivity index (χ0n) is 17.0. The molecule has 0 aliphatic rings. The van der Waals surface area contributed by atoms with Crippen LogP contribution in [0.25, 0.3) is 0 Å². The molecule has 8 heteroatoms. The predicted molar refractivity (Wildman–Crippen MR) is 108 cm³/mol. The molecule has 29 heavy (non-hydrogen) atoms. The number of rotatable bonds is 10. The fraction of sp³-hybridized carbons (Fsp3) is 0.333. The van der Waals surface area contributed by atoms with E-state index in [2.05, 4.69) is 10.6 Å². The number of ether oxygens (including phenoxy) is 4. The average molecular weight is 402 g/mol. The second-order valence-electron chi connectivity index (χ2n) is 6.04. The summed E-state index contributed by atoms with van der Waals surface area (Å²) in [5, 5.41) is 5.53. The molecule has 0 spiro atoms. The van der Waals surface area contributed by atoms with E-state index in [1.165, 1.54) is 14.2 Å². The molecule has 156 valence electrons. The third kappa shape index (κ3) is 6.03. The fourth-order valence-corrected chi connectivity index (χ4v) is 2.70. The second-order valence-corrected chi connectivity index (χ2v) is 6.04. The Bertz CT molecular complexity index is 853. The molecule has 2 aromatic rings. The van der Waals surface area contributed by atoms with Crippen LogP contribution in [-0.2, 0) is 11.2 Å². The molecule has 0 heterocycles. The van der Waals surface area contributed by atoms with Crippen molar-refractivity contribution >= 4 is 11.8 Å². The minimum atomic E-state index is -0.264. The Balaban J connectivity index is 1.80. The van der Waals surface area contributed by atoms with Gasteiger partial charge in [0.15, 0.2) is 23.0 Å². The zero-order chi connectivity index (χ0) is 21.2. The monoisotopic (exact) mass is 402 g/mol. The Morgan fingerprint density at radius 1 is 0.724 bits per heavy atom. The first-order chi connectivity index (χ1) is 14.0. The molecule has 0 bridgehead atoms. The van der Waals surface area contributed by atoms with Crippen LogP contribution in [-0.4, -0.2) is 53.3 Å². The van der Waals surface area contributed by atoms with Gasteiger partial charge >= 0.3 is 0 Å². The van der Waals surface area contributed by atoms with Crippen LogP contribution in [0.5, 0.6) is 23.0 Å². The highest BCUT2D eigenvalue weighted by atomic mass is 16.5. The van der Waals surface area contributed by atoms with Crippen LogP contribution in [0, 0.1) is 0 Å². The first kappa shape index (κ1) is 21.9. The van der Waals surface area contributed by atoms with E-state index in [0.29, 0.717) is 41.7 Å². The van der Waals surface area contributed by atoms with Crippen LogP contribution in [0.4, 0.5) is 0 Å². The highest BCUT2D eigenvalue weighted by Crippen LogP contribution is 2.28. The van der Waals surface area contributed by atoms with Gasteiger partial charge in [0.25, 0.3) is 5.91 Å². The van der Waals surface area contributed by atoms with Gasteiger partial charge in [-0.15, -0.1) is 0 Å². The average Bonchev–Trinajstić information content (AvgIpc) is 2.75. The van der Waals surface area contributed by atoms with Gasteiger partial charge < -0.3 is 29.6 Å². The zero-order valence-corrected chi connectivity index (χ0v) is 17.0. The lowest BCUT2D eigenvalue weighted by Crippen LogP contribution is -2.35. The van der Waals surface area contributed by atoms with Crippen molar-refractivity contribution in [2.75, 3.05) is 41.5 Å². The molecule has 0 fully saturated rings. The summed E-state index contributed by atoms with van der Waals surface area (Å²) in [4.78, 5) is 24.3. The first-order valence-corrected chi connectivity index (χ1v) is 9.00. The number of benzene rings is 2.